The van der Waals surface area contributed by atoms with Crippen LogP contribution in [0.5, 0.6) is 0 Å². The van der Waals surface area contributed by atoms with Gasteiger partial charge in [-0.1, -0.05) is 6.42 Å². The molecule has 1 aliphatic carbocycles. The number of hydrogen-bond acceptors (Lipinski definition) is 4. The van der Waals surface area contributed by atoms with Gasteiger partial charge in [-0.3, -0.25) is 4.79 Å². The molecule has 1 saturated carbocycles. The highest BCUT2D eigenvalue weighted by Crippen LogP contribution is 2.35. The van der Waals surface area contributed by atoms with Gasteiger partial charge in [-0.2, -0.15) is 0 Å². The van der Waals surface area contributed by atoms with Crippen molar-refractivity contribution < 1.29 is 9.90 Å². The zero-order valence-corrected chi connectivity index (χ0v) is 8.31. The lowest BCUT2D eigenvalue weighted by Crippen LogP contribution is -2.15. The van der Waals surface area contributed by atoms with Crippen molar-refractivity contribution in [3.63, 3.8) is 0 Å². The number of carboxylic acids is 1. The average Bonchev–Trinajstić information content (AvgIpc) is 2.13. The molecule has 1 aromatic rings. The summed E-state index contributed by atoms with van der Waals surface area (Å²) in [6, 6.07) is 1.84. The minimum atomic E-state index is -0.890. The Labute approximate surface area is 87.6 Å². The van der Waals surface area contributed by atoms with Gasteiger partial charge in [0.25, 0.3) is 0 Å². The molecule has 5 nitrogen and oxygen atoms in total. The standard InChI is InChI=1S/C10H13N3O2/c14-10(15)5-11-9-4-8(12-6-13-9)7-2-1-3-7/h4,6-7H,1-3,5H2,(H,14,15)(H,11,12,13). The SMILES string of the molecule is O=C(O)CNc1cc(C2CCC2)ncn1. The van der Waals surface area contributed by atoms with Crippen LogP contribution in [0.2, 0.25) is 0 Å². The summed E-state index contributed by atoms with van der Waals surface area (Å²) in [7, 11) is 0. The molecule has 0 unspecified atom stereocenters. The minimum Gasteiger partial charge on any atom is -0.480 e. The Hall–Kier alpha value is -1.65. The third-order valence-corrected chi connectivity index (χ3v) is 2.63. The Balaban J connectivity index is 2.01. The van der Waals surface area contributed by atoms with E-state index in [1.54, 1.807) is 0 Å². The van der Waals surface area contributed by atoms with E-state index in [1.807, 2.05) is 6.07 Å². The maximum absolute atomic E-state index is 10.4. The third-order valence-electron chi connectivity index (χ3n) is 2.63. The summed E-state index contributed by atoms with van der Waals surface area (Å²) in [5.74, 6) is 0.242. The van der Waals surface area contributed by atoms with Crippen LogP contribution in [-0.4, -0.2) is 27.6 Å². The zero-order chi connectivity index (χ0) is 10.7. The summed E-state index contributed by atoms with van der Waals surface area (Å²) in [5, 5.41) is 11.2. The van der Waals surface area contributed by atoms with E-state index in [1.165, 1.54) is 25.6 Å². The second kappa shape index (κ2) is 4.25. The number of carboxylic acid groups (broad SMARTS) is 1. The van der Waals surface area contributed by atoms with Crippen molar-refractivity contribution in [1.82, 2.24) is 9.97 Å². The molecule has 80 valence electrons. The van der Waals surface area contributed by atoms with Gasteiger partial charge in [0, 0.05) is 17.7 Å². The monoisotopic (exact) mass is 207 g/mol. The van der Waals surface area contributed by atoms with E-state index in [0.29, 0.717) is 11.7 Å². The second-order valence-corrected chi connectivity index (χ2v) is 3.70. The highest BCUT2D eigenvalue weighted by atomic mass is 16.4. The normalized spacial score (nSPS) is 15.7. The van der Waals surface area contributed by atoms with Crippen molar-refractivity contribution in [2.45, 2.75) is 25.2 Å². The van der Waals surface area contributed by atoms with Gasteiger partial charge in [-0.05, 0) is 12.8 Å². The summed E-state index contributed by atoms with van der Waals surface area (Å²) in [6.07, 6.45) is 5.09. The first-order valence-electron chi connectivity index (χ1n) is 5.03. The molecule has 2 N–H and O–H groups in total. The van der Waals surface area contributed by atoms with Gasteiger partial charge in [-0.25, -0.2) is 9.97 Å². The lowest BCUT2D eigenvalue weighted by atomic mass is 9.83. The molecule has 1 heterocycles. The molecule has 15 heavy (non-hydrogen) atoms. The van der Waals surface area contributed by atoms with Gasteiger partial charge in [0.2, 0.25) is 0 Å². The Morgan fingerprint density at radius 3 is 2.93 bits per heavy atom. The molecule has 2 rings (SSSR count). The van der Waals surface area contributed by atoms with Crippen molar-refractivity contribution in [3.8, 4) is 0 Å². The van der Waals surface area contributed by atoms with Crippen LogP contribution in [0.1, 0.15) is 30.9 Å². The lowest BCUT2D eigenvalue weighted by molar-refractivity contribution is -0.134. The first-order chi connectivity index (χ1) is 7.25. The quantitative estimate of drug-likeness (QED) is 0.776. The van der Waals surface area contributed by atoms with E-state index >= 15 is 0 Å². The number of rotatable bonds is 4. The van der Waals surface area contributed by atoms with Crippen LogP contribution in [0.25, 0.3) is 0 Å². The predicted octanol–water partition coefficient (Wildman–Crippen LogP) is 1.24. The highest BCUT2D eigenvalue weighted by molar-refractivity contribution is 5.72. The van der Waals surface area contributed by atoms with Crippen molar-refractivity contribution in [3.05, 3.63) is 18.1 Å². The number of aliphatic carboxylic acids is 1. The van der Waals surface area contributed by atoms with E-state index in [4.69, 9.17) is 5.11 Å². The smallest absolute Gasteiger partial charge is 0.322 e. The van der Waals surface area contributed by atoms with E-state index in [9.17, 15) is 4.79 Å². The summed E-state index contributed by atoms with van der Waals surface area (Å²) in [6.45, 7) is -0.110. The Morgan fingerprint density at radius 2 is 2.33 bits per heavy atom. The van der Waals surface area contributed by atoms with E-state index in [2.05, 4.69) is 15.3 Å². The fourth-order valence-electron chi connectivity index (χ4n) is 1.56. The average molecular weight is 207 g/mol. The number of aromatic nitrogens is 2. The van der Waals surface area contributed by atoms with Crippen molar-refractivity contribution >= 4 is 11.8 Å². The Kier molecular flexibility index (Phi) is 2.80. The van der Waals surface area contributed by atoms with Crippen LogP contribution in [0.4, 0.5) is 5.82 Å². The summed E-state index contributed by atoms with van der Waals surface area (Å²) in [5.41, 5.74) is 1.02. The van der Waals surface area contributed by atoms with Gasteiger partial charge in [0.1, 0.15) is 18.7 Å². The number of carbonyl (C=O) groups is 1. The Morgan fingerprint density at radius 1 is 1.53 bits per heavy atom. The third kappa shape index (κ3) is 2.43. The number of nitrogens with zero attached hydrogens (tertiary/aromatic N) is 2. The maximum Gasteiger partial charge on any atom is 0.322 e. The van der Waals surface area contributed by atoms with Crippen LogP contribution in [-0.2, 0) is 4.79 Å². The first-order valence-corrected chi connectivity index (χ1v) is 5.03. The van der Waals surface area contributed by atoms with Gasteiger partial charge >= 0.3 is 5.97 Å². The van der Waals surface area contributed by atoms with E-state index < -0.39 is 5.97 Å². The molecule has 0 amide bonds. The summed E-state index contributed by atoms with van der Waals surface area (Å²) in [4.78, 5) is 18.5. The van der Waals surface area contributed by atoms with Gasteiger partial charge in [0.05, 0.1) is 0 Å². The molecule has 0 aromatic carbocycles. The molecule has 0 bridgehead atoms. The Bertz CT molecular complexity index is 363. The number of nitrogens with one attached hydrogen (secondary N) is 1. The molecule has 0 saturated heterocycles. The van der Waals surface area contributed by atoms with Gasteiger partial charge in [-0.15, -0.1) is 0 Å². The van der Waals surface area contributed by atoms with E-state index in [0.717, 1.165) is 5.69 Å². The summed E-state index contributed by atoms with van der Waals surface area (Å²) >= 11 is 0. The molecule has 5 heteroatoms. The number of anilines is 1. The van der Waals surface area contributed by atoms with Crippen LogP contribution in [0, 0.1) is 0 Å². The van der Waals surface area contributed by atoms with Crippen LogP contribution >= 0.6 is 0 Å². The van der Waals surface area contributed by atoms with E-state index in [-0.39, 0.29) is 6.54 Å². The fraction of sp³-hybridized carbons (Fsp3) is 0.500. The van der Waals surface area contributed by atoms with Crippen molar-refractivity contribution in [2.24, 2.45) is 0 Å². The van der Waals surface area contributed by atoms with Crippen molar-refractivity contribution in [2.75, 3.05) is 11.9 Å². The largest absolute Gasteiger partial charge is 0.480 e. The molecular weight excluding hydrogens is 194 g/mol. The molecule has 1 fully saturated rings. The van der Waals surface area contributed by atoms with Gasteiger partial charge < -0.3 is 10.4 Å². The van der Waals surface area contributed by atoms with Crippen LogP contribution < -0.4 is 5.32 Å². The van der Waals surface area contributed by atoms with Gasteiger partial charge in [0.15, 0.2) is 0 Å². The molecule has 0 aliphatic heterocycles. The first kappa shape index (κ1) is 9.89. The van der Waals surface area contributed by atoms with Crippen LogP contribution in [0.15, 0.2) is 12.4 Å². The van der Waals surface area contributed by atoms with Crippen molar-refractivity contribution in [1.29, 1.82) is 0 Å². The zero-order valence-electron chi connectivity index (χ0n) is 8.31. The predicted molar refractivity (Wildman–Crippen MR) is 54.7 cm³/mol. The molecule has 0 radical (unpaired) electrons. The summed E-state index contributed by atoms with van der Waals surface area (Å²) < 4.78 is 0. The highest BCUT2D eigenvalue weighted by Gasteiger charge is 2.21. The second-order valence-electron chi connectivity index (χ2n) is 3.70. The fourth-order valence-corrected chi connectivity index (χ4v) is 1.56. The minimum absolute atomic E-state index is 0.110. The molecule has 0 spiro atoms. The number of hydrogen-bond donors (Lipinski definition) is 2. The molecule has 1 aromatic heterocycles. The van der Waals surface area contributed by atoms with Crippen LogP contribution in [0.3, 0.4) is 0 Å². The molecule has 0 atom stereocenters. The maximum atomic E-state index is 10.4. The molecular formula is C10H13N3O2. The topological polar surface area (TPSA) is 75.1 Å². The molecule has 1 aliphatic rings. The lowest BCUT2D eigenvalue weighted by Gasteiger charge is -2.24.